The summed E-state index contributed by atoms with van der Waals surface area (Å²) in [7, 11) is 1.65. The van der Waals surface area contributed by atoms with Crippen LogP contribution in [0.25, 0.3) is 5.69 Å². The summed E-state index contributed by atoms with van der Waals surface area (Å²) >= 11 is 10.0. The van der Waals surface area contributed by atoms with Crippen LogP contribution in [0.5, 0.6) is 5.75 Å². The standard InChI is InChI=1S/C20H23ClN6OS2/c1-28-16-11-14(5-6-15(16)26-12-17(21)22-13-26)23-19-24-18-20(29-9-4-10-30-20)7-2-3-8-27(18)25-19/h5-6,11-13H,2-4,7-10H2,1H3,(H,23,25). The second kappa shape index (κ2) is 8.36. The van der Waals surface area contributed by atoms with Crippen molar-refractivity contribution in [1.29, 1.82) is 0 Å². The lowest BCUT2D eigenvalue weighted by atomic mass is 10.2. The highest BCUT2D eigenvalue weighted by atomic mass is 35.5. The van der Waals surface area contributed by atoms with Crippen molar-refractivity contribution in [2.24, 2.45) is 0 Å². The molecule has 7 nitrogen and oxygen atoms in total. The summed E-state index contributed by atoms with van der Waals surface area (Å²) in [6.45, 7) is 0.927. The number of fused-ring (bicyclic) bond motifs is 2. The highest BCUT2D eigenvalue weighted by molar-refractivity contribution is 8.18. The van der Waals surface area contributed by atoms with E-state index in [-0.39, 0.29) is 4.08 Å². The monoisotopic (exact) mass is 462 g/mol. The van der Waals surface area contributed by atoms with Crippen LogP contribution in [-0.4, -0.2) is 42.9 Å². The maximum atomic E-state index is 5.96. The molecule has 1 N–H and O–H groups in total. The van der Waals surface area contributed by atoms with E-state index in [2.05, 4.69) is 15.0 Å². The fourth-order valence-corrected chi connectivity index (χ4v) is 7.48. The van der Waals surface area contributed by atoms with Gasteiger partial charge in [0.25, 0.3) is 0 Å². The van der Waals surface area contributed by atoms with Gasteiger partial charge < -0.3 is 14.6 Å². The SMILES string of the molecule is COc1cc(Nc2nc3n(n2)CCCCC32SCCCS2)ccc1-n1cnc(Cl)c1. The molecule has 0 bridgehead atoms. The van der Waals surface area contributed by atoms with E-state index in [9.17, 15) is 0 Å². The Morgan fingerprint density at radius 1 is 1.20 bits per heavy atom. The maximum Gasteiger partial charge on any atom is 0.246 e. The van der Waals surface area contributed by atoms with Crippen LogP contribution in [0, 0.1) is 0 Å². The minimum atomic E-state index is 0.0456. The third-order valence-corrected chi connectivity index (χ3v) is 8.96. The molecule has 1 spiro atoms. The van der Waals surface area contributed by atoms with Crippen LogP contribution in [0.4, 0.5) is 11.6 Å². The van der Waals surface area contributed by atoms with Crippen molar-refractivity contribution >= 4 is 46.8 Å². The average Bonchev–Trinajstić information content (AvgIpc) is 3.34. The van der Waals surface area contributed by atoms with Crippen LogP contribution in [0.3, 0.4) is 0 Å². The van der Waals surface area contributed by atoms with Gasteiger partial charge in [-0.05, 0) is 49.3 Å². The molecule has 1 fully saturated rings. The molecule has 5 rings (SSSR count). The van der Waals surface area contributed by atoms with Crippen molar-refractivity contribution in [3.63, 3.8) is 0 Å². The normalized spacial score (nSPS) is 18.1. The Morgan fingerprint density at radius 3 is 2.83 bits per heavy atom. The predicted molar refractivity (Wildman–Crippen MR) is 123 cm³/mol. The Labute approximate surface area is 188 Å². The van der Waals surface area contributed by atoms with E-state index in [0.29, 0.717) is 16.9 Å². The molecule has 1 aromatic carbocycles. The van der Waals surface area contributed by atoms with Crippen molar-refractivity contribution in [3.05, 3.63) is 41.7 Å². The number of rotatable bonds is 4. The highest BCUT2D eigenvalue weighted by Gasteiger charge is 2.41. The zero-order valence-corrected chi connectivity index (χ0v) is 19.1. The van der Waals surface area contributed by atoms with E-state index >= 15 is 0 Å². The molecule has 2 aromatic heterocycles. The van der Waals surface area contributed by atoms with Crippen molar-refractivity contribution in [2.45, 2.75) is 36.3 Å². The number of aromatic nitrogens is 5. The van der Waals surface area contributed by atoms with Crippen molar-refractivity contribution in [1.82, 2.24) is 24.3 Å². The Hall–Kier alpha value is -1.84. The summed E-state index contributed by atoms with van der Waals surface area (Å²) in [5.41, 5.74) is 1.74. The minimum absolute atomic E-state index is 0.0456. The van der Waals surface area contributed by atoms with E-state index in [1.165, 1.54) is 24.3 Å². The number of anilines is 2. The van der Waals surface area contributed by atoms with Gasteiger partial charge in [-0.3, -0.25) is 0 Å². The molecular weight excluding hydrogens is 440 g/mol. The van der Waals surface area contributed by atoms with E-state index in [4.69, 9.17) is 26.4 Å². The van der Waals surface area contributed by atoms with E-state index in [0.717, 1.165) is 36.6 Å². The zero-order valence-electron chi connectivity index (χ0n) is 16.7. The van der Waals surface area contributed by atoms with Gasteiger partial charge in [-0.1, -0.05) is 11.6 Å². The van der Waals surface area contributed by atoms with E-state index in [1.807, 2.05) is 46.3 Å². The maximum absolute atomic E-state index is 5.96. The van der Waals surface area contributed by atoms with Gasteiger partial charge in [0.05, 0.1) is 12.8 Å². The van der Waals surface area contributed by atoms with Crippen LogP contribution < -0.4 is 10.1 Å². The number of halogens is 1. The molecule has 2 aliphatic heterocycles. The lowest BCUT2D eigenvalue weighted by Crippen LogP contribution is -2.25. The minimum Gasteiger partial charge on any atom is -0.494 e. The predicted octanol–water partition coefficient (Wildman–Crippen LogP) is 5.08. The summed E-state index contributed by atoms with van der Waals surface area (Å²) in [6.07, 6.45) is 8.22. The summed E-state index contributed by atoms with van der Waals surface area (Å²) in [6, 6.07) is 5.89. The first-order valence-corrected chi connectivity index (χ1v) is 12.4. The average molecular weight is 463 g/mol. The Bertz CT molecular complexity index is 1050. The third-order valence-electron chi connectivity index (χ3n) is 5.36. The first kappa shape index (κ1) is 20.1. The molecule has 3 aromatic rings. The Balaban J connectivity index is 1.43. The molecule has 2 aliphatic rings. The van der Waals surface area contributed by atoms with Gasteiger partial charge in [0, 0.05) is 24.5 Å². The van der Waals surface area contributed by atoms with Gasteiger partial charge in [-0.2, -0.15) is 4.98 Å². The molecule has 0 radical (unpaired) electrons. The third kappa shape index (κ3) is 3.78. The van der Waals surface area contributed by atoms with Crippen LogP contribution >= 0.6 is 35.1 Å². The van der Waals surface area contributed by atoms with Gasteiger partial charge in [0.15, 0.2) is 5.82 Å². The topological polar surface area (TPSA) is 69.8 Å². The van der Waals surface area contributed by atoms with Gasteiger partial charge in [-0.25, -0.2) is 9.67 Å². The molecular formula is C20H23ClN6OS2. The number of benzene rings is 1. The number of thioether (sulfide) groups is 2. The molecule has 0 saturated carbocycles. The van der Waals surface area contributed by atoms with Crippen molar-refractivity contribution < 1.29 is 4.74 Å². The zero-order chi connectivity index (χ0) is 20.6. The molecule has 0 atom stereocenters. The van der Waals surface area contributed by atoms with Crippen molar-refractivity contribution in [3.8, 4) is 11.4 Å². The number of aryl methyl sites for hydroxylation is 1. The molecule has 158 valence electrons. The van der Waals surface area contributed by atoms with Gasteiger partial charge >= 0.3 is 0 Å². The molecule has 30 heavy (non-hydrogen) atoms. The number of ether oxygens (including phenoxy) is 1. The van der Waals surface area contributed by atoms with Gasteiger partial charge in [-0.15, -0.1) is 28.6 Å². The van der Waals surface area contributed by atoms with E-state index < -0.39 is 0 Å². The van der Waals surface area contributed by atoms with Crippen molar-refractivity contribution in [2.75, 3.05) is 23.9 Å². The number of hydrogen-bond donors (Lipinski definition) is 1. The molecule has 0 unspecified atom stereocenters. The van der Waals surface area contributed by atoms with Gasteiger partial charge in [0.1, 0.15) is 21.3 Å². The summed E-state index contributed by atoms with van der Waals surface area (Å²) in [5, 5.41) is 8.60. The highest BCUT2D eigenvalue weighted by Crippen LogP contribution is 2.54. The number of imidazole rings is 1. The largest absolute Gasteiger partial charge is 0.494 e. The first-order chi connectivity index (χ1) is 14.7. The molecule has 0 aliphatic carbocycles. The molecule has 4 heterocycles. The second-order valence-corrected chi connectivity index (χ2v) is 10.8. The fourth-order valence-electron chi connectivity index (χ4n) is 3.94. The molecule has 0 amide bonds. The first-order valence-electron chi connectivity index (χ1n) is 10.0. The lowest BCUT2D eigenvalue weighted by molar-refractivity contribution is 0.413. The number of methoxy groups -OCH3 is 1. The van der Waals surface area contributed by atoms with Gasteiger partial charge in [0.2, 0.25) is 5.95 Å². The van der Waals surface area contributed by atoms with Crippen LogP contribution in [0.15, 0.2) is 30.7 Å². The fraction of sp³-hybridized carbons (Fsp3) is 0.450. The Kier molecular flexibility index (Phi) is 5.59. The lowest BCUT2D eigenvalue weighted by Gasteiger charge is -2.33. The summed E-state index contributed by atoms with van der Waals surface area (Å²) in [4.78, 5) is 9.02. The number of hydrogen-bond acceptors (Lipinski definition) is 7. The quantitative estimate of drug-likeness (QED) is 0.579. The molecule has 10 heteroatoms. The second-order valence-electron chi connectivity index (χ2n) is 7.36. The smallest absolute Gasteiger partial charge is 0.246 e. The number of nitrogens with one attached hydrogen (secondary N) is 1. The van der Waals surface area contributed by atoms with Crippen LogP contribution in [0.1, 0.15) is 31.5 Å². The summed E-state index contributed by atoms with van der Waals surface area (Å²) < 4.78 is 9.58. The Morgan fingerprint density at radius 2 is 2.07 bits per heavy atom. The van der Waals surface area contributed by atoms with E-state index in [1.54, 1.807) is 19.6 Å². The molecule has 1 saturated heterocycles. The number of nitrogens with zero attached hydrogens (tertiary/aromatic N) is 5. The van der Waals surface area contributed by atoms with Crippen LogP contribution in [-0.2, 0) is 10.6 Å². The van der Waals surface area contributed by atoms with Crippen LogP contribution in [0.2, 0.25) is 5.15 Å². The summed E-state index contributed by atoms with van der Waals surface area (Å²) in [5.74, 6) is 4.84.